The molecule has 1 amide bonds. The van der Waals surface area contributed by atoms with Crippen LogP contribution >= 0.6 is 0 Å². The van der Waals surface area contributed by atoms with Crippen molar-refractivity contribution in [1.29, 1.82) is 0 Å². The van der Waals surface area contributed by atoms with Crippen molar-refractivity contribution in [3.8, 4) is 11.4 Å². The van der Waals surface area contributed by atoms with Crippen LogP contribution in [-0.4, -0.2) is 94.3 Å². The maximum atomic E-state index is 12.7. The molecule has 6 rings (SSSR count). The fourth-order valence-electron chi connectivity index (χ4n) is 8.06. The van der Waals surface area contributed by atoms with Crippen LogP contribution in [0.2, 0.25) is 0 Å². The van der Waals surface area contributed by atoms with Gasteiger partial charge in [0.05, 0.1) is 21.0 Å². The highest BCUT2D eigenvalue weighted by molar-refractivity contribution is 7.86. The van der Waals surface area contributed by atoms with Crippen molar-refractivity contribution in [3.05, 3.63) is 119 Å². The SMILES string of the molecule is Cc1nnc(-c2ccc(CNC(=O)CCCCC[N+]3=C(/C=C/C=C/C=C4N(CCCS(=O)(=O)O)c5ccc(S(=O)(=O)O)cc5C4(C)C)C(C)(C)c4cc(S(=O)(=O)[O-])ccc43)cc2)nn1. The molecule has 20 heteroatoms. The lowest BCUT2D eigenvalue weighted by Gasteiger charge is -2.27. The Kier molecular flexibility index (Phi) is 14.2. The smallest absolute Gasteiger partial charge is 0.294 e. The molecule has 0 bridgehead atoms. The number of aromatic nitrogens is 4. The third-order valence-electron chi connectivity index (χ3n) is 11.4. The number of fused-ring (bicyclic) bond motifs is 2. The molecule has 0 aliphatic carbocycles. The molecule has 0 atom stereocenters. The summed E-state index contributed by atoms with van der Waals surface area (Å²) >= 11 is 0. The van der Waals surface area contributed by atoms with E-state index < -0.39 is 46.9 Å². The lowest BCUT2D eigenvalue weighted by atomic mass is 9.81. The lowest BCUT2D eigenvalue weighted by molar-refractivity contribution is -0.438. The number of aryl methyl sites for hydroxylation is 1. The predicted molar refractivity (Wildman–Crippen MR) is 239 cm³/mol. The Bertz CT molecular complexity index is 2890. The molecule has 0 radical (unpaired) electrons. The number of hydrogen-bond donors (Lipinski definition) is 3. The van der Waals surface area contributed by atoms with E-state index in [-0.39, 0.29) is 28.7 Å². The second-order valence-electron chi connectivity index (χ2n) is 16.7. The number of anilines is 1. The molecule has 0 fully saturated rings. The van der Waals surface area contributed by atoms with Gasteiger partial charge in [-0.25, -0.2) is 8.42 Å². The van der Waals surface area contributed by atoms with Crippen LogP contribution in [0.25, 0.3) is 11.4 Å². The van der Waals surface area contributed by atoms with Crippen LogP contribution in [0.3, 0.4) is 0 Å². The number of amides is 1. The zero-order chi connectivity index (χ0) is 46.7. The van der Waals surface area contributed by atoms with E-state index in [1.165, 1.54) is 24.3 Å². The molecule has 340 valence electrons. The number of allylic oxidation sites excluding steroid dienone is 6. The zero-order valence-electron chi connectivity index (χ0n) is 36.1. The summed E-state index contributed by atoms with van der Waals surface area (Å²) in [5.74, 6) is 0.340. The minimum absolute atomic E-state index is 0.0794. The van der Waals surface area contributed by atoms with Crippen molar-refractivity contribution in [2.75, 3.05) is 23.7 Å². The molecular weight excluding hydrogens is 883 g/mol. The van der Waals surface area contributed by atoms with Crippen LogP contribution in [-0.2, 0) is 52.5 Å². The van der Waals surface area contributed by atoms with Gasteiger partial charge in [0.15, 0.2) is 11.5 Å². The summed E-state index contributed by atoms with van der Waals surface area (Å²) in [4.78, 5) is 14.0. The van der Waals surface area contributed by atoms with Crippen molar-refractivity contribution < 1.29 is 48.3 Å². The van der Waals surface area contributed by atoms with Gasteiger partial charge < -0.3 is 14.8 Å². The first-order chi connectivity index (χ1) is 30.0. The van der Waals surface area contributed by atoms with Crippen molar-refractivity contribution in [1.82, 2.24) is 25.7 Å². The number of nitrogens with zero attached hydrogens (tertiary/aromatic N) is 6. The van der Waals surface area contributed by atoms with Gasteiger partial charge in [-0.05, 0) is 87.6 Å². The standard InChI is InChI=1S/C44H51N7O10S3/c1-30-46-48-42(49-47-30)32-18-16-31(17-19-32)29-45-41(52)15-10-7-11-24-50-37-22-20-33(63(56,57)58)27-35(37)43(2,3)39(50)13-8-6-9-14-40-44(4,5)36-28-34(64(59,60)61)21-23-38(36)51(40)25-12-26-62(53,54)55/h6,8-9,13-14,16-23,27-28H,7,10-12,15,24-26,29H2,1-5H3,(H3-,45,52,53,54,55,56,57,58,59,60,61). The first kappa shape index (κ1) is 48.0. The molecule has 0 saturated carbocycles. The first-order valence-electron chi connectivity index (χ1n) is 20.5. The van der Waals surface area contributed by atoms with Crippen LogP contribution in [0, 0.1) is 6.92 Å². The van der Waals surface area contributed by atoms with E-state index in [4.69, 9.17) is 0 Å². The summed E-state index contributed by atoms with van der Waals surface area (Å²) in [6.07, 6.45) is 11.6. The third-order valence-corrected chi connectivity index (χ3v) is 13.9. The molecule has 1 aromatic heterocycles. The van der Waals surface area contributed by atoms with E-state index in [2.05, 4.69) is 30.3 Å². The van der Waals surface area contributed by atoms with Gasteiger partial charge in [-0.3, -0.25) is 13.9 Å². The number of rotatable bonds is 18. The topological polar surface area (TPSA) is 253 Å². The minimum atomic E-state index is -4.72. The maximum Gasteiger partial charge on any atom is 0.294 e. The van der Waals surface area contributed by atoms with Gasteiger partial charge in [0, 0.05) is 66.0 Å². The molecule has 2 aliphatic heterocycles. The largest absolute Gasteiger partial charge is 0.744 e. The number of unbranched alkanes of at least 4 members (excludes halogenated alkanes) is 2. The van der Waals surface area contributed by atoms with Crippen molar-refractivity contribution >= 4 is 53.3 Å². The minimum Gasteiger partial charge on any atom is -0.744 e. The number of carbonyl (C=O) groups is 1. The average molecular weight is 934 g/mol. The van der Waals surface area contributed by atoms with E-state index >= 15 is 0 Å². The van der Waals surface area contributed by atoms with Crippen molar-refractivity contribution in [2.24, 2.45) is 0 Å². The summed E-state index contributed by atoms with van der Waals surface area (Å²) in [6.45, 7) is 10.5. The summed E-state index contributed by atoms with van der Waals surface area (Å²) < 4.78 is 104. The number of nitrogens with one attached hydrogen (secondary N) is 1. The van der Waals surface area contributed by atoms with E-state index in [1.54, 1.807) is 31.2 Å². The highest BCUT2D eigenvalue weighted by Gasteiger charge is 2.45. The van der Waals surface area contributed by atoms with E-state index in [0.717, 1.165) is 34.6 Å². The van der Waals surface area contributed by atoms with Gasteiger partial charge in [0.25, 0.3) is 20.2 Å². The van der Waals surface area contributed by atoms with Crippen LogP contribution in [0.4, 0.5) is 11.4 Å². The highest BCUT2D eigenvalue weighted by atomic mass is 32.2. The van der Waals surface area contributed by atoms with Gasteiger partial charge in [-0.15, -0.1) is 20.4 Å². The molecule has 3 heterocycles. The molecule has 0 saturated heterocycles. The van der Waals surface area contributed by atoms with Gasteiger partial charge in [-0.1, -0.05) is 56.3 Å². The van der Waals surface area contributed by atoms with E-state index in [9.17, 15) is 43.7 Å². The second kappa shape index (κ2) is 18.9. The van der Waals surface area contributed by atoms with Gasteiger partial charge in [-0.2, -0.15) is 21.4 Å². The van der Waals surface area contributed by atoms with Gasteiger partial charge >= 0.3 is 0 Å². The molecule has 3 aromatic carbocycles. The molecule has 0 spiro atoms. The third kappa shape index (κ3) is 11.2. The van der Waals surface area contributed by atoms with E-state index in [1.807, 2.05) is 75.1 Å². The molecule has 4 aromatic rings. The Morgan fingerprint density at radius 1 is 0.797 bits per heavy atom. The fraction of sp³-hybridized carbons (Fsp3) is 0.364. The molecule has 17 nitrogen and oxygen atoms in total. The van der Waals surface area contributed by atoms with Gasteiger partial charge in [0.2, 0.25) is 17.4 Å². The summed E-state index contributed by atoms with van der Waals surface area (Å²) in [5.41, 5.74) is 4.45. The number of benzene rings is 3. The van der Waals surface area contributed by atoms with Gasteiger partial charge in [0.1, 0.15) is 16.7 Å². The zero-order valence-corrected chi connectivity index (χ0v) is 38.5. The first-order valence-corrected chi connectivity index (χ1v) is 25.0. The highest BCUT2D eigenvalue weighted by Crippen LogP contribution is 2.48. The maximum absolute atomic E-state index is 12.7. The fourth-order valence-corrected chi connectivity index (χ4v) is 9.55. The average Bonchev–Trinajstić information content (AvgIpc) is 3.56. The van der Waals surface area contributed by atoms with Crippen LogP contribution in [0.1, 0.15) is 82.3 Å². The van der Waals surface area contributed by atoms with Crippen LogP contribution < -0.4 is 10.2 Å². The monoisotopic (exact) mass is 933 g/mol. The molecular formula is C44H51N7O10S3. The van der Waals surface area contributed by atoms with Crippen molar-refractivity contribution in [3.63, 3.8) is 0 Å². The Morgan fingerprint density at radius 3 is 2.12 bits per heavy atom. The Hall–Kier alpha value is -5.51. The number of carbonyl (C=O) groups excluding carboxylic acids is 1. The van der Waals surface area contributed by atoms with Crippen LogP contribution in [0.15, 0.2) is 107 Å². The summed E-state index contributed by atoms with van der Waals surface area (Å²) in [7, 11) is -13.4. The second-order valence-corrected chi connectivity index (χ2v) is 21.1. The molecule has 2 aliphatic rings. The van der Waals surface area contributed by atoms with E-state index in [0.29, 0.717) is 60.8 Å². The Morgan fingerprint density at radius 2 is 1.47 bits per heavy atom. The Labute approximate surface area is 374 Å². The quantitative estimate of drug-likeness (QED) is 0.0467. The predicted octanol–water partition coefficient (Wildman–Crippen LogP) is 5.72. The van der Waals surface area contributed by atoms with Crippen LogP contribution in [0.5, 0.6) is 0 Å². The molecule has 64 heavy (non-hydrogen) atoms. The lowest BCUT2D eigenvalue weighted by Crippen LogP contribution is -2.28. The van der Waals surface area contributed by atoms with Crippen molar-refractivity contribution in [2.45, 2.75) is 93.9 Å². The normalized spacial score (nSPS) is 16.6. The number of hydrogen-bond acceptors (Lipinski definition) is 13. The summed E-state index contributed by atoms with van der Waals surface area (Å²) in [5, 5.41) is 18.9. The Balaban J connectivity index is 1.15. The summed E-state index contributed by atoms with van der Waals surface area (Å²) in [6, 6.07) is 16.1. The molecule has 0 unspecified atom stereocenters. The molecule has 3 N–H and O–H groups in total.